The van der Waals surface area contributed by atoms with Crippen molar-refractivity contribution in [2.24, 2.45) is 0 Å². The summed E-state index contributed by atoms with van der Waals surface area (Å²) >= 11 is 0. The second-order valence-corrected chi connectivity index (χ2v) is 6.89. The Morgan fingerprint density at radius 3 is 2.67 bits per heavy atom. The smallest absolute Gasteiger partial charge is 0.251 e. The number of ether oxygens (including phenoxy) is 1. The number of aromatic amines is 1. The molecule has 0 bridgehead atoms. The lowest BCUT2D eigenvalue weighted by Crippen LogP contribution is -2.43. The van der Waals surface area contributed by atoms with E-state index in [9.17, 15) is 4.79 Å². The van der Waals surface area contributed by atoms with Crippen LogP contribution in [0.25, 0.3) is 11.4 Å². The van der Waals surface area contributed by atoms with Gasteiger partial charge in [0.1, 0.15) is 17.7 Å². The fourth-order valence-electron chi connectivity index (χ4n) is 3.42. The third-order valence-electron chi connectivity index (χ3n) is 4.65. The Morgan fingerprint density at radius 2 is 1.96 bits per heavy atom. The molecular weight excluding hydrogens is 340 g/mol. The number of benzene rings is 1. The number of hydrogen-bond donors (Lipinski definition) is 1. The minimum absolute atomic E-state index is 0.0196. The normalized spacial score (nSPS) is 19.9. The van der Waals surface area contributed by atoms with Crippen molar-refractivity contribution in [3.05, 3.63) is 76.3 Å². The van der Waals surface area contributed by atoms with E-state index in [0.717, 1.165) is 24.5 Å². The van der Waals surface area contributed by atoms with Gasteiger partial charge < -0.3 is 14.6 Å². The van der Waals surface area contributed by atoms with E-state index in [4.69, 9.17) is 4.74 Å². The predicted molar refractivity (Wildman–Crippen MR) is 105 cm³/mol. The van der Waals surface area contributed by atoms with Crippen LogP contribution in [0, 0.1) is 6.92 Å². The zero-order valence-corrected chi connectivity index (χ0v) is 15.4. The molecule has 1 aliphatic rings. The number of anilines is 1. The second kappa shape index (κ2) is 7.32. The molecule has 138 valence electrons. The van der Waals surface area contributed by atoms with Crippen LogP contribution in [0.5, 0.6) is 0 Å². The van der Waals surface area contributed by atoms with E-state index >= 15 is 0 Å². The summed E-state index contributed by atoms with van der Waals surface area (Å²) in [6.45, 7) is 5.42. The van der Waals surface area contributed by atoms with Gasteiger partial charge in [-0.1, -0.05) is 30.3 Å². The van der Waals surface area contributed by atoms with Crippen molar-refractivity contribution in [3.63, 3.8) is 0 Å². The first kappa shape index (κ1) is 17.4. The Balaban J connectivity index is 1.57. The number of aromatic nitrogens is 3. The van der Waals surface area contributed by atoms with Crippen LogP contribution in [-0.4, -0.2) is 34.1 Å². The average molecular weight is 362 g/mol. The fourth-order valence-corrected chi connectivity index (χ4v) is 3.42. The van der Waals surface area contributed by atoms with Crippen molar-refractivity contribution < 1.29 is 4.74 Å². The van der Waals surface area contributed by atoms with Crippen LogP contribution < -0.4 is 10.5 Å². The molecule has 3 aromatic rings. The zero-order chi connectivity index (χ0) is 18.8. The van der Waals surface area contributed by atoms with Crippen LogP contribution in [0.2, 0.25) is 0 Å². The summed E-state index contributed by atoms with van der Waals surface area (Å²) in [5.41, 5.74) is 2.49. The number of morpholine rings is 1. The molecule has 27 heavy (non-hydrogen) atoms. The zero-order valence-electron chi connectivity index (χ0n) is 15.4. The van der Waals surface area contributed by atoms with Gasteiger partial charge in [0.2, 0.25) is 0 Å². The number of hydrogen-bond acceptors (Lipinski definition) is 5. The maximum absolute atomic E-state index is 11.7. The van der Waals surface area contributed by atoms with Crippen molar-refractivity contribution >= 4 is 5.82 Å². The van der Waals surface area contributed by atoms with Gasteiger partial charge in [0, 0.05) is 36.6 Å². The highest BCUT2D eigenvalue weighted by atomic mass is 16.5. The first-order chi connectivity index (χ1) is 13.1. The number of nitrogens with zero attached hydrogens (tertiary/aromatic N) is 3. The molecule has 0 spiro atoms. The Hall–Kier alpha value is -2.99. The predicted octanol–water partition coefficient (Wildman–Crippen LogP) is 3.11. The monoisotopic (exact) mass is 362 g/mol. The SMILES string of the molecule is Cc1cc(=O)[nH]c(-c2ccc(N3CC(C)OC(c4ccccc4)C3)nc2)n1. The molecule has 1 aromatic carbocycles. The Morgan fingerprint density at radius 1 is 1.15 bits per heavy atom. The molecule has 6 nitrogen and oxygen atoms in total. The summed E-state index contributed by atoms with van der Waals surface area (Å²) < 4.78 is 6.12. The van der Waals surface area contributed by atoms with Gasteiger partial charge in [0.15, 0.2) is 0 Å². The summed E-state index contributed by atoms with van der Waals surface area (Å²) in [5, 5.41) is 0. The van der Waals surface area contributed by atoms with Crippen LogP contribution in [-0.2, 0) is 4.74 Å². The number of pyridine rings is 1. The van der Waals surface area contributed by atoms with Gasteiger partial charge in [-0.2, -0.15) is 0 Å². The molecule has 0 saturated carbocycles. The molecule has 2 aromatic heterocycles. The lowest BCUT2D eigenvalue weighted by atomic mass is 10.1. The number of nitrogens with one attached hydrogen (secondary N) is 1. The van der Waals surface area contributed by atoms with Crippen LogP contribution in [0.4, 0.5) is 5.82 Å². The van der Waals surface area contributed by atoms with E-state index in [1.807, 2.05) is 30.3 Å². The fraction of sp³-hybridized carbons (Fsp3) is 0.286. The Kier molecular flexibility index (Phi) is 4.73. The summed E-state index contributed by atoms with van der Waals surface area (Å²) in [7, 11) is 0. The highest BCUT2D eigenvalue weighted by Crippen LogP contribution is 2.28. The molecule has 6 heteroatoms. The average Bonchev–Trinajstić information content (AvgIpc) is 2.67. The molecular formula is C21H22N4O2. The van der Waals surface area contributed by atoms with Crippen molar-refractivity contribution in [1.29, 1.82) is 0 Å². The molecule has 1 aliphatic heterocycles. The Bertz CT molecular complexity index is 969. The van der Waals surface area contributed by atoms with Crippen LogP contribution in [0.1, 0.15) is 24.3 Å². The van der Waals surface area contributed by atoms with Crippen LogP contribution >= 0.6 is 0 Å². The summed E-state index contributed by atoms with van der Waals surface area (Å²) in [6.07, 6.45) is 1.89. The van der Waals surface area contributed by atoms with Gasteiger partial charge in [0.25, 0.3) is 5.56 Å². The summed E-state index contributed by atoms with van der Waals surface area (Å²) in [5.74, 6) is 1.43. The van der Waals surface area contributed by atoms with E-state index in [2.05, 4.69) is 38.9 Å². The second-order valence-electron chi connectivity index (χ2n) is 6.89. The maximum Gasteiger partial charge on any atom is 0.251 e. The van der Waals surface area contributed by atoms with Crippen LogP contribution in [0.3, 0.4) is 0 Å². The molecule has 1 saturated heterocycles. The molecule has 0 radical (unpaired) electrons. The van der Waals surface area contributed by atoms with E-state index in [-0.39, 0.29) is 17.8 Å². The molecule has 2 atom stereocenters. The number of aryl methyl sites for hydroxylation is 1. The summed E-state index contributed by atoms with van der Waals surface area (Å²) in [4.78, 5) is 25.7. The molecule has 2 unspecified atom stereocenters. The minimum atomic E-state index is -0.158. The molecule has 0 aliphatic carbocycles. The van der Waals surface area contributed by atoms with Gasteiger partial charge >= 0.3 is 0 Å². The van der Waals surface area contributed by atoms with Gasteiger partial charge in [-0.15, -0.1) is 0 Å². The van der Waals surface area contributed by atoms with Crippen molar-refractivity contribution in [3.8, 4) is 11.4 Å². The summed E-state index contributed by atoms with van der Waals surface area (Å²) in [6, 6.07) is 15.7. The quantitative estimate of drug-likeness (QED) is 0.775. The minimum Gasteiger partial charge on any atom is -0.367 e. The van der Waals surface area contributed by atoms with Gasteiger partial charge in [0.05, 0.1) is 6.10 Å². The van der Waals surface area contributed by atoms with Crippen LogP contribution in [0.15, 0.2) is 59.5 Å². The Labute approximate surface area is 157 Å². The number of H-pyrrole nitrogens is 1. The number of rotatable bonds is 3. The highest BCUT2D eigenvalue weighted by Gasteiger charge is 2.27. The maximum atomic E-state index is 11.7. The van der Waals surface area contributed by atoms with Crippen molar-refractivity contribution in [2.45, 2.75) is 26.1 Å². The van der Waals surface area contributed by atoms with Gasteiger partial charge in [-0.05, 0) is 31.5 Å². The highest BCUT2D eigenvalue weighted by molar-refractivity contribution is 5.56. The standard InChI is InChI=1S/C21H22N4O2/c1-14-10-20(26)24-21(23-14)17-8-9-19(22-11-17)25-12-15(2)27-18(13-25)16-6-4-3-5-7-16/h3-11,15,18H,12-13H2,1-2H3,(H,23,24,26). The van der Waals surface area contributed by atoms with E-state index < -0.39 is 0 Å². The third kappa shape index (κ3) is 3.90. The third-order valence-corrected chi connectivity index (χ3v) is 4.65. The lowest BCUT2D eigenvalue weighted by molar-refractivity contribution is -0.0176. The van der Waals surface area contributed by atoms with E-state index in [1.54, 1.807) is 13.1 Å². The van der Waals surface area contributed by atoms with Gasteiger partial charge in [-0.3, -0.25) is 4.79 Å². The first-order valence-electron chi connectivity index (χ1n) is 9.08. The van der Waals surface area contributed by atoms with Crippen molar-refractivity contribution in [1.82, 2.24) is 15.0 Å². The largest absolute Gasteiger partial charge is 0.367 e. The van der Waals surface area contributed by atoms with E-state index in [0.29, 0.717) is 11.5 Å². The molecule has 1 N–H and O–H groups in total. The lowest BCUT2D eigenvalue weighted by Gasteiger charge is -2.37. The van der Waals surface area contributed by atoms with Crippen molar-refractivity contribution in [2.75, 3.05) is 18.0 Å². The molecule has 1 fully saturated rings. The first-order valence-corrected chi connectivity index (χ1v) is 9.08. The molecule has 3 heterocycles. The molecule has 0 amide bonds. The van der Waals surface area contributed by atoms with E-state index in [1.165, 1.54) is 11.6 Å². The topological polar surface area (TPSA) is 71.1 Å². The van der Waals surface area contributed by atoms with Gasteiger partial charge in [-0.25, -0.2) is 9.97 Å². The molecule has 4 rings (SSSR count).